The summed E-state index contributed by atoms with van der Waals surface area (Å²) < 4.78 is 8.73. The zero-order valence-electron chi connectivity index (χ0n) is 14.2. The molecule has 4 aliphatic rings. The van der Waals surface area contributed by atoms with Gasteiger partial charge in [-0.05, 0) is 55.8 Å². The van der Waals surface area contributed by atoms with Gasteiger partial charge in [-0.3, -0.25) is 0 Å². The molecule has 4 aliphatic carbocycles. The minimum Gasteiger partial charge on any atom is -0.405 e. The second-order valence-corrected chi connectivity index (χ2v) is 7.79. The maximum absolute atomic E-state index is 12.5. The Morgan fingerprint density at radius 3 is 2.52 bits per heavy atom. The summed E-state index contributed by atoms with van der Waals surface area (Å²) in [5, 5.41) is 11.4. The minimum atomic E-state index is -0.396. The van der Waals surface area contributed by atoms with Crippen molar-refractivity contribution in [2.45, 2.75) is 38.1 Å². The predicted octanol–water partition coefficient (Wildman–Crippen LogP) is 1.91. The van der Waals surface area contributed by atoms with Crippen molar-refractivity contribution in [1.82, 2.24) is 29.9 Å². The fraction of sp³-hybridized carbons (Fsp3) is 0.647. The van der Waals surface area contributed by atoms with Crippen molar-refractivity contribution in [1.29, 1.82) is 0 Å². The van der Waals surface area contributed by atoms with E-state index < -0.39 is 6.09 Å². The van der Waals surface area contributed by atoms with Crippen LogP contribution in [0.4, 0.5) is 4.79 Å². The van der Waals surface area contributed by atoms with Crippen LogP contribution in [-0.2, 0) is 7.05 Å². The summed E-state index contributed by atoms with van der Waals surface area (Å²) >= 11 is 0. The lowest BCUT2D eigenvalue weighted by atomic mass is 9.54. The van der Waals surface area contributed by atoms with E-state index in [1.807, 2.05) is 0 Å². The van der Waals surface area contributed by atoms with Crippen LogP contribution < -0.4 is 10.1 Å². The summed E-state index contributed by atoms with van der Waals surface area (Å²) in [6.07, 6.45) is 10.6. The highest BCUT2D eigenvalue weighted by molar-refractivity contribution is 5.71. The van der Waals surface area contributed by atoms with E-state index in [-0.39, 0.29) is 6.04 Å². The molecule has 0 atom stereocenters. The van der Waals surface area contributed by atoms with Crippen molar-refractivity contribution in [2.75, 3.05) is 0 Å². The van der Waals surface area contributed by atoms with E-state index in [0.29, 0.717) is 23.4 Å². The number of ether oxygens (including phenoxy) is 1. The van der Waals surface area contributed by atoms with Gasteiger partial charge in [0, 0.05) is 13.1 Å². The molecule has 2 aromatic heterocycles. The van der Waals surface area contributed by atoms with Crippen molar-refractivity contribution in [3.05, 3.63) is 18.9 Å². The number of nitrogens with one attached hydrogen (secondary N) is 1. The number of hydrogen-bond donors (Lipinski definition) is 1. The average Bonchev–Trinajstić information content (AvgIpc) is 3.20. The number of hydrogen-bond acceptors (Lipinski definition) is 5. The van der Waals surface area contributed by atoms with Gasteiger partial charge < -0.3 is 10.1 Å². The number of aromatic nitrogens is 5. The third-order valence-electron chi connectivity index (χ3n) is 6.22. The second kappa shape index (κ2) is 5.57. The molecule has 6 rings (SSSR count). The molecule has 0 aliphatic heterocycles. The summed E-state index contributed by atoms with van der Waals surface area (Å²) in [6.45, 7) is 0. The van der Waals surface area contributed by atoms with Crippen molar-refractivity contribution in [2.24, 2.45) is 30.7 Å². The number of rotatable bonds is 3. The van der Waals surface area contributed by atoms with Gasteiger partial charge in [-0.2, -0.15) is 14.9 Å². The Kier molecular flexibility index (Phi) is 3.33. The largest absolute Gasteiger partial charge is 0.413 e. The van der Waals surface area contributed by atoms with Gasteiger partial charge in [0.2, 0.25) is 0 Å². The number of nitrogens with zero attached hydrogens (tertiary/aromatic N) is 5. The van der Waals surface area contributed by atoms with Gasteiger partial charge in [-0.1, -0.05) is 0 Å². The molecule has 1 N–H and O–H groups in total. The molecule has 0 saturated heterocycles. The van der Waals surface area contributed by atoms with E-state index in [9.17, 15) is 4.79 Å². The molecule has 132 valence electrons. The van der Waals surface area contributed by atoms with Crippen LogP contribution >= 0.6 is 0 Å². The quantitative estimate of drug-likeness (QED) is 0.921. The Morgan fingerprint density at radius 2 is 1.88 bits per heavy atom. The molecule has 0 radical (unpaired) electrons. The summed E-state index contributed by atoms with van der Waals surface area (Å²) in [6, 6.07) is 0.256. The monoisotopic (exact) mass is 342 g/mol. The van der Waals surface area contributed by atoms with Gasteiger partial charge in [0.15, 0.2) is 11.6 Å². The number of carbonyl (C=O) groups is 1. The number of carbonyl (C=O) groups excluding carboxylic acids is 1. The van der Waals surface area contributed by atoms with Crippen molar-refractivity contribution in [3.8, 4) is 11.6 Å². The molecular weight excluding hydrogens is 320 g/mol. The first kappa shape index (κ1) is 14.9. The Hall–Kier alpha value is -2.38. The molecule has 1 amide bonds. The molecule has 4 bridgehead atoms. The van der Waals surface area contributed by atoms with Gasteiger partial charge in [-0.15, -0.1) is 0 Å². The summed E-state index contributed by atoms with van der Waals surface area (Å²) in [7, 11) is 1.78. The summed E-state index contributed by atoms with van der Waals surface area (Å²) in [5.41, 5.74) is 0. The van der Waals surface area contributed by atoms with Crippen LogP contribution in [0.25, 0.3) is 5.82 Å². The fourth-order valence-corrected chi connectivity index (χ4v) is 5.49. The zero-order valence-corrected chi connectivity index (χ0v) is 14.2. The van der Waals surface area contributed by atoms with E-state index in [4.69, 9.17) is 4.74 Å². The Labute approximate surface area is 145 Å². The SMILES string of the molecule is Cn1ncc(OC(=O)NC2C3CC4CC(C3)CC2C4)c1-n1cncn1. The normalized spacial score (nSPS) is 32.8. The van der Waals surface area contributed by atoms with E-state index in [0.717, 1.165) is 11.8 Å². The van der Waals surface area contributed by atoms with Crippen LogP contribution in [-0.4, -0.2) is 36.7 Å². The first-order valence-electron chi connectivity index (χ1n) is 9.02. The zero-order chi connectivity index (χ0) is 17.0. The second-order valence-electron chi connectivity index (χ2n) is 7.79. The van der Waals surface area contributed by atoms with Crippen LogP contribution in [0, 0.1) is 23.7 Å². The van der Waals surface area contributed by atoms with Crippen molar-refractivity contribution < 1.29 is 9.53 Å². The third-order valence-corrected chi connectivity index (χ3v) is 6.22. The fourth-order valence-electron chi connectivity index (χ4n) is 5.49. The smallest absolute Gasteiger partial charge is 0.405 e. The Bertz CT molecular complexity index is 755. The first-order chi connectivity index (χ1) is 12.2. The molecule has 2 aromatic rings. The molecule has 0 spiro atoms. The molecule has 4 fully saturated rings. The minimum absolute atomic E-state index is 0.256. The molecule has 0 unspecified atom stereocenters. The Morgan fingerprint density at radius 1 is 1.16 bits per heavy atom. The van der Waals surface area contributed by atoms with Crippen LogP contribution in [0.2, 0.25) is 0 Å². The summed E-state index contributed by atoms with van der Waals surface area (Å²) in [4.78, 5) is 16.5. The van der Waals surface area contributed by atoms with E-state index >= 15 is 0 Å². The molecule has 0 aromatic carbocycles. The van der Waals surface area contributed by atoms with Gasteiger partial charge in [0.05, 0.1) is 6.20 Å². The highest BCUT2D eigenvalue weighted by atomic mass is 16.6. The molecule has 25 heavy (non-hydrogen) atoms. The van der Waals surface area contributed by atoms with Gasteiger partial charge in [0.25, 0.3) is 0 Å². The molecule has 4 saturated carbocycles. The third kappa shape index (κ3) is 2.51. The van der Waals surface area contributed by atoms with Crippen molar-refractivity contribution >= 4 is 6.09 Å². The Balaban J connectivity index is 1.30. The highest BCUT2D eigenvalue weighted by Crippen LogP contribution is 2.53. The van der Waals surface area contributed by atoms with E-state index in [2.05, 4.69) is 20.5 Å². The maximum atomic E-state index is 12.5. The topological polar surface area (TPSA) is 86.9 Å². The van der Waals surface area contributed by atoms with Gasteiger partial charge in [0.1, 0.15) is 12.7 Å². The first-order valence-corrected chi connectivity index (χ1v) is 9.02. The number of aryl methyl sites for hydroxylation is 1. The lowest BCUT2D eigenvalue weighted by molar-refractivity contribution is -0.0114. The van der Waals surface area contributed by atoms with Crippen LogP contribution in [0.1, 0.15) is 32.1 Å². The highest BCUT2D eigenvalue weighted by Gasteiger charge is 2.48. The van der Waals surface area contributed by atoms with E-state index in [1.165, 1.54) is 44.6 Å². The average molecular weight is 342 g/mol. The molecule has 8 nitrogen and oxygen atoms in total. The van der Waals surface area contributed by atoms with Crippen LogP contribution in [0.5, 0.6) is 5.75 Å². The lowest BCUT2D eigenvalue weighted by Crippen LogP contribution is -2.56. The molecule has 8 heteroatoms. The molecule has 2 heterocycles. The lowest BCUT2D eigenvalue weighted by Gasteiger charge is -2.54. The van der Waals surface area contributed by atoms with Crippen molar-refractivity contribution in [3.63, 3.8) is 0 Å². The van der Waals surface area contributed by atoms with E-state index in [1.54, 1.807) is 22.7 Å². The van der Waals surface area contributed by atoms with Gasteiger partial charge >= 0.3 is 6.09 Å². The molecular formula is C17H22N6O2. The maximum Gasteiger partial charge on any atom is 0.413 e. The standard InChI is InChI=1S/C17H22N6O2/c1-22-16(23-9-18-8-20-23)14(7-19-22)25-17(24)21-15-12-3-10-2-11(5-12)6-13(15)4-10/h7-13,15H,2-6H2,1H3,(H,21,24). The van der Waals surface area contributed by atoms with Crippen LogP contribution in [0.3, 0.4) is 0 Å². The van der Waals surface area contributed by atoms with Crippen LogP contribution in [0.15, 0.2) is 18.9 Å². The van der Waals surface area contributed by atoms with Gasteiger partial charge in [-0.25, -0.2) is 14.5 Å². The predicted molar refractivity (Wildman–Crippen MR) is 88.1 cm³/mol. The number of amides is 1. The summed E-state index contributed by atoms with van der Waals surface area (Å²) in [5.74, 6) is 3.97.